The van der Waals surface area contributed by atoms with Gasteiger partial charge in [0, 0.05) is 12.4 Å². The number of carbonyl (C=O) groups is 1. The third-order valence-corrected chi connectivity index (χ3v) is 5.57. The second-order valence-electron chi connectivity index (χ2n) is 6.73. The maximum atomic E-state index is 13.4. The van der Waals surface area contributed by atoms with Crippen molar-refractivity contribution in [1.82, 2.24) is 9.97 Å². The summed E-state index contributed by atoms with van der Waals surface area (Å²) in [7, 11) is 0. The molecule has 0 unspecified atom stereocenters. The van der Waals surface area contributed by atoms with E-state index in [1.165, 1.54) is 11.0 Å². The summed E-state index contributed by atoms with van der Waals surface area (Å²) in [5.41, 5.74) is 0.0615. The molecule has 0 saturated heterocycles. The number of aromatic nitrogens is 2. The summed E-state index contributed by atoms with van der Waals surface area (Å²) < 4.78 is 46.1. The van der Waals surface area contributed by atoms with Crippen LogP contribution in [0, 0.1) is 13.8 Å². The Bertz CT molecular complexity index is 1220. The van der Waals surface area contributed by atoms with Crippen LogP contribution in [-0.4, -0.2) is 15.9 Å². The first kappa shape index (κ1) is 20.1. The van der Waals surface area contributed by atoms with Gasteiger partial charge in [-0.15, -0.1) is 0 Å². The van der Waals surface area contributed by atoms with Gasteiger partial charge in [0.2, 0.25) is 0 Å². The van der Waals surface area contributed by atoms with Crippen molar-refractivity contribution in [3.63, 3.8) is 0 Å². The summed E-state index contributed by atoms with van der Waals surface area (Å²) in [5, 5.41) is 0.175. The summed E-state index contributed by atoms with van der Waals surface area (Å²) in [5.74, 6) is 0.604. The highest BCUT2D eigenvalue weighted by Crippen LogP contribution is 2.39. The first-order valence-corrected chi connectivity index (χ1v) is 9.80. The molecule has 4 aromatic rings. The monoisotopic (exact) mass is 431 g/mol. The summed E-state index contributed by atoms with van der Waals surface area (Å²) in [6.07, 6.45) is -1.34. The Morgan fingerprint density at radius 3 is 2.63 bits per heavy atom. The molecule has 1 aromatic carbocycles. The molecular formula is C21H16F3N3O2S. The Morgan fingerprint density at radius 1 is 1.20 bits per heavy atom. The van der Waals surface area contributed by atoms with Gasteiger partial charge >= 0.3 is 6.18 Å². The molecule has 5 nitrogen and oxygen atoms in total. The van der Waals surface area contributed by atoms with Crippen molar-refractivity contribution in [2.45, 2.75) is 26.6 Å². The summed E-state index contributed by atoms with van der Waals surface area (Å²) in [6, 6.07) is 9.02. The van der Waals surface area contributed by atoms with Crippen molar-refractivity contribution in [1.29, 1.82) is 0 Å². The van der Waals surface area contributed by atoms with Gasteiger partial charge in [0.1, 0.15) is 11.5 Å². The number of benzene rings is 1. The molecule has 3 aromatic heterocycles. The van der Waals surface area contributed by atoms with Crippen LogP contribution < -0.4 is 4.90 Å². The molecule has 0 radical (unpaired) electrons. The molecular weight excluding hydrogens is 415 g/mol. The maximum absolute atomic E-state index is 13.4. The Labute approximate surface area is 173 Å². The van der Waals surface area contributed by atoms with E-state index in [1.807, 2.05) is 0 Å². The highest BCUT2D eigenvalue weighted by Gasteiger charge is 2.34. The van der Waals surface area contributed by atoms with Gasteiger partial charge < -0.3 is 4.42 Å². The van der Waals surface area contributed by atoms with Crippen LogP contribution in [0.4, 0.5) is 18.3 Å². The number of fused-ring (bicyclic) bond motifs is 1. The number of alkyl halides is 3. The number of para-hydroxylation sites is 1. The topological polar surface area (TPSA) is 59.2 Å². The second kappa shape index (κ2) is 7.56. The zero-order valence-corrected chi connectivity index (χ0v) is 16.8. The van der Waals surface area contributed by atoms with Crippen LogP contribution in [0.15, 0.2) is 53.2 Å². The number of hydrogen-bond acceptors (Lipinski definition) is 5. The van der Waals surface area contributed by atoms with Crippen LogP contribution in [0.25, 0.3) is 10.2 Å². The molecule has 0 atom stereocenters. The van der Waals surface area contributed by atoms with E-state index in [1.54, 1.807) is 50.5 Å². The van der Waals surface area contributed by atoms with Crippen LogP contribution >= 0.6 is 11.3 Å². The number of anilines is 1. The average Bonchev–Trinajstić information content (AvgIpc) is 3.27. The quantitative estimate of drug-likeness (QED) is 0.412. The van der Waals surface area contributed by atoms with Gasteiger partial charge in [-0.05, 0) is 43.7 Å². The highest BCUT2D eigenvalue weighted by atomic mass is 32.1. The van der Waals surface area contributed by atoms with Gasteiger partial charge in [0.05, 0.1) is 27.9 Å². The second-order valence-corrected chi connectivity index (χ2v) is 7.74. The molecule has 3 heterocycles. The smallest absolute Gasteiger partial charge is 0.418 e. The molecule has 9 heteroatoms. The number of rotatable bonds is 4. The van der Waals surface area contributed by atoms with E-state index in [9.17, 15) is 18.0 Å². The molecule has 0 aliphatic carbocycles. The zero-order valence-electron chi connectivity index (χ0n) is 16.0. The number of furan rings is 1. The SMILES string of the molecule is Cc1cc(C(=O)N(Cc2cccnc2)c2nc3c(C(F)(F)F)cccc3s2)c(C)o1. The molecule has 0 bridgehead atoms. The van der Waals surface area contributed by atoms with E-state index in [-0.39, 0.29) is 17.2 Å². The molecule has 0 spiro atoms. The summed E-state index contributed by atoms with van der Waals surface area (Å²) in [4.78, 5) is 23.0. The van der Waals surface area contributed by atoms with Gasteiger partial charge in [-0.2, -0.15) is 13.2 Å². The van der Waals surface area contributed by atoms with Gasteiger partial charge in [0.15, 0.2) is 5.13 Å². The van der Waals surface area contributed by atoms with Crippen molar-refractivity contribution >= 4 is 32.6 Å². The Morgan fingerprint density at radius 2 is 2.00 bits per heavy atom. The number of amides is 1. The van der Waals surface area contributed by atoms with Crippen LogP contribution in [0.2, 0.25) is 0 Å². The third kappa shape index (κ3) is 3.80. The normalized spacial score (nSPS) is 11.8. The lowest BCUT2D eigenvalue weighted by molar-refractivity contribution is -0.136. The largest absolute Gasteiger partial charge is 0.466 e. The lowest BCUT2D eigenvalue weighted by Gasteiger charge is -2.19. The first-order valence-electron chi connectivity index (χ1n) is 8.98. The molecule has 1 amide bonds. The van der Waals surface area contributed by atoms with Crippen molar-refractivity contribution in [2.75, 3.05) is 4.90 Å². The fraction of sp³-hybridized carbons (Fsp3) is 0.190. The number of hydrogen-bond donors (Lipinski definition) is 0. The number of aryl methyl sites for hydroxylation is 2. The van der Waals surface area contributed by atoms with Crippen molar-refractivity contribution in [3.05, 3.63) is 77.0 Å². The van der Waals surface area contributed by atoms with Crippen LogP contribution in [0.3, 0.4) is 0 Å². The fourth-order valence-electron chi connectivity index (χ4n) is 3.17. The first-order chi connectivity index (χ1) is 14.2. The predicted molar refractivity (Wildman–Crippen MR) is 108 cm³/mol. The molecule has 0 aliphatic heterocycles. The molecule has 154 valence electrons. The van der Waals surface area contributed by atoms with E-state index < -0.39 is 17.6 Å². The number of thiazole rings is 1. The molecule has 0 aliphatic rings. The minimum atomic E-state index is -4.54. The number of nitrogens with zero attached hydrogens (tertiary/aromatic N) is 3. The number of carbonyl (C=O) groups excluding carboxylic acids is 1. The van der Waals surface area contributed by atoms with E-state index in [4.69, 9.17) is 4.42 Å². The molecule has 0 N–H and O–H groups in total. The van der Waals surface area contributed by atoms with E-state index >= 15 is 0 Å². The van der Waals surface area contributed by atoms with Crippen molar-refractivity contribution < 1.29 is 22.4 Å². The van der Waals surface area contributed by atoms with Crippen LogP contribution in [0.1, 0.15) is 33.0 Å². The van der Waals surface area contributed by atoms with Gasteiger partial charge in [-0.1, -0.05) is 23.5 Å². The van der Waals surface area contributed by atoms with Crippen LogP contribution in [0.5, 0.6) is 0 Å². The average molecular weight is 431 g/mol. The summed E-state index contributed by atoms with van der Waals surface area (Å²) in [6.45, 7) is 3.50. The maximum Gasteiger partial charge on any atom is 0.418 e. The summed E-state index contributed by atoms with van der Waals surface area (Å²) >= 11 is 1.03. The van der Waals surface area contributed by atoms with E-state index in [2.05, 4.69) is 9.97 Å². The van der Waals surface area contributed by atoms with E-state index in [0.29, 0.717) is 21.8 Å². The van der Waals surface area contributed by atoms with Crippen molar-refractivity contribution in [2.24, 2.45) is 0 Å². The number of halogens is 3. The standard InChI is InChI=1S/C21H16F3N3O2S/c1-12-9-15(13(2)29-12)19(28)27(11-14-5-4-8-25-10-14)20-26-18-16(21(22,23)24)6-3-7-17(18)30-20/h3-10H,11H2,1-2H3. The van der Waals surface area contributed by atoms with Gasteiger partial charge in [-0.25, -0.2) is 4.98 Å². The minimum Gasteiger partial charge on any atom is -0.466 e. The van der Waals surface area contributed by atoms with Crippen molar-refractivity contribution in [3.8, 4) is 0 Å². The molecule has 0 saturated carbocycles. The molecule has 4 rings (SSSR count). The zero-order chi connectivity index (χ0) is 21.5. The van der Waals surface area contributed by atoms with Gasteiger partial charge in [-0.3, -0.25) is 14.7 Å². The lowest BCUT2D eigenvalue weighted by atomic mass is 10.2. The lowest BCUT2D eigenvalue weighted by Crippen LogP contribution is -2.30. The molecule has 0 fully saturated rings. The highest BCUT2D eigenvalue weighted by molar-refractivity contribution is 7.22. The van der Waals surface area contributed by atoms with Crippen LogP contribution in [-0.2, 0) is 12.7 Å². The fourth-order valence-corrected chi connectivity index (χ4v) is 4.16. The van der Waals surface area contributed by atoms with E-state index in [0.717, 1.165) is 23.0 Å². The third-order valence-electron chi connectivity index (χ3n) is 4.52. The Hall–Kier alpha value is -3.20. The number of pyridine rings is 1. The Balaban J connectivity index is 1.83. The van der Waals surface area contributed by atoms with Gasteiger partial charge in [0.25, 0.3) is 5.91 Å². The predicted octanol–water partition coefficient (Wildman–Crippen LogP) is 5.77. The Kier molecular flexibility index (Phi) is 5.07. The molecule has 30 heavy (non-hydrogen) atoms. The minimum absolute atomic E-state index is 0.109.